The second-order valence-corrected chi connectivity index (χ2v) is 8.78. The normalized spacial score (nSPS) is 11.2. The minimum Gasteiger partial charge on any atom is -0.444 e. The molecule has 0 saturated carbocycles. The molecule has 3 N–H and O–H groups in total. The number of likely N-dealkylation sites (N-methyl/N-ethyl adjacent to an activating group) is 1. The Morgan fingerprint density at radius 1 is 1.03 bits per heavy atom. The van der Waals surface area contributed by atoms with Crippen LogP contribution in [0.4, 0.5) is 0 Å². The van der Waals surface area contributed by atoms with E-state index in [4.69, 9.17) is 4.42 Å². The van der Waals surface area contributed by atoms with Gasteiger partial charge in [0.15, 0.2) is 10.4 Å². The summed E-state index contributed by atoms with van der Waals surface area (Å²) in [7, 11) is -2.60. The van der Waals surface area contributed by atoms with Crippen LogP contribution in [-0.4, -0.2) is 50.6 Å². The fourth-order valence-electron chi connectivity index (χ4n) is 2.08. The van der Waals surface area contributed by atoms with E-state index in [0.717, 1.165) is 9.87 Å². The molecule has 1 heterocycles. The van der Waals surface area contributed by atoms with Gasteiger partial charge in [0.25, 0.3) is 17.7 Å². The van der Waals surface area contributed by atoms with Gasteiger partial charge in [0, 0.05) is 7.05 Å². The minimum absolute atomic E-state index is 0.0108. The van der Waals surface area contributed by atoms with Crippen molar-refractivity contribution in [1.82, 2.24) is 20.5 Å². The number of carbonyl (C=O) groups excluding carboxylic acids is 3. The topological polar surface area (TPSA) is 138 Å². The van der Waals surface area contributed by atoms with Crippen LogP contribution in [-0.2, 0) is 19.6 Å². The summed E-state index contributed by atoms with van der Waals surface area (Å²) in [5, 5.41) is 2.30. The maximum atomic E-state index is 12.4. The number of sulfonamides is 1. The molecular weight excluding hydrogens is 468 g/mol. The van der Waals surface area contributed by atoms with Crippen molar-refractivity contribution >= 4 is 43.7 Å². The van der Waals surface area contributed by atoms with Gasteiger partial charge >= 0.3 is 0 Å². The van der Waals surface area contributed by atoms with Gasteiger partial charge in [0.05, 0.1) is 18.0 Å². The van der Waals surface area contributed by atoms with Gasteiger partial charge in [-0.05, 0) is 47.1 Å². The zero-order valence-corrected chi connectivity index (χ0v) is 18.0. The van der Waals surface area contributed by atoms with E-state index in [1.54, 1.807) is 12.1 Å². The predicted molar refractivity (Wildman–Crippen MR) is 106 cm³/mol. The van der Waals surface area contributed by atoms with Gasteiger partial charge in [0.1, 0.15) is 0 Å². The Kier molecular flexibility index (Phi) is 7.53. The zero-order valence-electron chi connectivity index (χ0n) is 15.6. The Morgan fingerprint density at radius 2 is 1.66 bits per heavy atom. The summed E-state index contributed by atoms with van der Waals surface area (Å²) in [6.45, 7) is 0.893. The first-order valence-electron chi connectivity index (χ1n) is 8.24. The van der Waals surface area contributed by atoms with Gasteiger partial charge in [-0.2, -0.15) is 4.31 Å². The van der Waals surface area contributed by atoms with Crippen molar-refractivity contribution in [2.75, 3.05) is 20.1 Å². The molecule has 10 nitrogen and oxygen atoms in total. The summed E-state index contributed by atoms with van der Waals surface area (Å²) >= 11 is 3.05. The zero-order chi connectivity index (χ0) is 21.6. The highest BCUT2D eigenvalue weighted by Gasteiger charge is 2.23. The molecule has 29 heavy (non-hydrogen) atoms. The second kappa shape index (κ2) is 9.67. The Morgan fingerprint density at radius 3 is 2.24 bits per heavy atom. The Hall–Kier alpha value is -2.70. The third-order valence-electron chi connectivity index (χ3n) is 3.64. The number of aryl methyl sites for hydroxylation is 1. The molecule has 0 aliphatic carbocycles. The van der Waals surface area contributed by atoms with Crippen molar-refractivity contribution in [3.63, 3.8) is 0 Å². The molecule has 0 fully saturated rings. The summed E-state index contributed by atoms with van der Waals surface area (Å²) < 4.78 is 31.1. The largest absolute Gasteiger partial charge is 0.444 e. The van der Waals surface area contributed by atoms with E-state index in [1.165, 1.54) is 31.3 Å². The van der Waals surface area contributed by atoms with Crippen LogP contribution in [0.3, 0.4) is 0 Å². The maximum absolute atomic E-state index is 12.4. The highest BCUT2D eigenvalue weighted by molar-refractivity contribution is 9.10. The number of halogens is 1. The number of hydrazine groups is 1. The molecule has 2 rings (SSSR count). The van der Waals surface area contributed by atoms with E-state index in [9.17, 15) is 22.8 Å². The van der Waals surface area contributed by atoms with E-state index < -0.39 is 40.8 Å². The standard InChI is InChI=1S/C17H19BrN4O6S/c1-11-3-5-12(6-4-11)29(26,27)22(2)10-16(24)21-20-15(23)9-19-17(25)13-7-8-14(18)28-13/h3-8H,9-10H2,1-2H3,(H,19,25)(H,20,23)(H,21,24). The van der Waals surface area contributed by atoms with Crippen LogP contribution >= 0.6 is 15.9 Å². The molecule has 0 saturated heterocycles. The summed E-state index contributed by atoms with van der Waals surface area (Å²) in [5.74, 6) is -2.06. The third-order valence-corrected chi connectivity index (χ3v) is 5.89. The number of carbonyl (C=O) groups is 3. The molecule has 1 aromatic carbocycles. The lowest BCUT2D eigenvalue weighted by Crippen LogP contribution is -2.49. The number of rotatable bonds is 7. The maximum Gasteiger partial charge on any atom is 0.287 e. The third kappa shape index (κ3) is 6.41. The summed E-state index contributed by atoms with van der Waals surface area (Å²) in [5.41, 5.74) is 5.07. The Bertz CT molecular complexity index is 1000. The van der Waals surface area contributed by atoms with Crippen LogP contribution in [0, 0.1) is 6.92 Å². The number of amides is 3. The number of hydrogen-bond donors (Lipinski definition) is 3. The van der Waals surface area contributed by atoms with E-state index in [0.29, 0.717) is 4.67 Å². The van der Waals surface area contributed by atoms with Crippen molar-refractivity contribution in [1.29, 1.82) is 0 Å². The average Bonchev–Trinajstić information content (AvgIpc) is 3.11. The molecule has 0 spiro atoms. The van der Waals surface area contributed by atoms with Crippen LogP contribution in [0.1, 0.15) is 16.1 Å². The number of benzene rings is 1. The fourth-order valence-corrected chi connectivity index (χ4v) is 3.52. The van der Waals surface area contributed by atoms with E-state index in [1.807, 2.05) is 6.92 Å². The lowest BCUT2D eigenvalue weighted by molar-refractivity contribution is -0.128. The number of nitrogens with one attached hydrogen (secondary N) is 3. The van der Waals surface area contributed by atoms with Crippen molar-refractivity contribution in [3.8, 4) is 0 Å². The molecule has 3 amide bonds. The molecule has 0 aliphatic heterocycles. The van der Waals surface area contributed by atoms with E-state index in [-0.39, 0.29) is 10.7 Å². The molecule has 0 radical (unpaired) electrons. The van der Waals surface area contributed by atoms with E-state index in [2.05, 4.69) is 32.1 Å². The summed E-state index contributed by atoms with van der Waals surface area (Å²) in [4.78, 5) is 35.4. The molecule has 0 atom stereocenters. The first kappa shape index (κ1) is 22.6. The molecule has 0 aliphatic rings. The first-order valence-corrected chi connectivity index (χ1v) is 10.5. The molecule has 12 heteroatoms. The lowest BCUT2D eigenvalue weighted by atomic mass is 10.2. The van der Waals surface area contributed by atoms with Gasteiger partial charge in [-0.25, -0.2) is 8.42 Å². The number of hydrogen-bond acceptors (Lipinski definition) is 6. The monoisotopic (exact) mass is 486 g/mol. The van der Waals surface area contributed by atoms with Crippen molar-refractivity contribution in [3.05, 3.63) is 52.4 Å². The van der Waals surface area contributed by atoms with Crippen LogP contribution in [0.5, 0.6) is 0 Å². The highest BCUT2D eigenvalue weighted by Crippen LogP contribution is 2.15. The van der Waals surface area contributed by atoms with Crippen LogP contribution in [0.25, 0.3) is 0 Å². The Labute approximate surface area is 175 Å². The predicted octanol–water partition coefficient (Wildman–Crippen LogP) is 0.548. The Balaban J connectivity index is 1.78. The van der Waals surface area contributed by atoms with Crippen LogP contribution < -0.4 is 16.2 Å². The van der Waals surface area contributed by atoms with Gasteiger partial charge in [-0.15, -0.1) is 0 Å². The smallest absolute Gasteiger partial charge is 0.287 e. The molecule has 2 aromatic rings. The molecule has 0 bridgehead atoms. The van der Waals surface area contributed by atoms with Crippen molar-refractivity contribution in [2.24, 2.45) is 0 Å². The molecule has 156 valence electrons. The number of nitrogens with zero attached hydrogens (tertiary/aromatic N) is 1. The quantitative estimate of drug-likeness (QED) is 0.488. The van der Waals surface area contributed by atoms with Crippen LogP contribution in [0.2, 0.25) is 0 Å². The lowest BCUT2D eigenvalue weighted by Gasteiger charge is -2.17. The van der Waals surface area contributed by atoms with Gasteiger partial charge in [0.2, 0.25) is 10.0 Å². The van der Waals surface area contributed by atoms with Crippen molar-refractivity contribution in [2.45, 2.75) is 11.8 Å². The molecule has 1 aromatic heterocycles. The fraction of sp³-hybridized carbons (Fsp3) is 0.235. The number of furan rings is 1. The minimum atomic E-state index is -3.85. The van der Waals surface area contributed by atoms with Gasteiger partial charge in [-0.3, -0.25) is 25.2 Å². The summed E-state index contributed by atoms with van der Waals surface area (Å²) in [6.07, 6.45) is 0. The van der Waals surface area contributed by atoms with Crippen molar-refractivity contribution < 1.29 is 27.2 Å². The van der Waals surface area contributed by atoms with E-state index >= 15 is 0 Å². The SMILES string of the molecule is Cc1ccc(S(=O)(=O)N(C)CC(=O)NNC(=O)CNC(=O)c2ccc(Br)o2)cc1. The highest BCUT2D eigenvalue weighted by atomic mass is 79.9. The van der Waals surface area contributed by atoms with Gasteiger partial charge < -0.3 is 9.73 Å². The summed E-state index contributed by atoms with van der Waals surface area (Å²) in [6, 6.07) is 9.13. The average molecular weight is 487 g/mol. The van der Waals surface area contributed by atoms with Crippen LogP contribution in [0.15, 0.2) is 50.4 Å². The molecule has 0 unspecified atom stereocenters. The van der Waals surface area contributed by atoms with Gasteiger partial charge in [-0.1, -0.05) is 17.7 Å². The first-order chi connectivity index (χ1) is 13.6. The molecular formula is C17H19BrN4O6S. The second-order valence-electron chi connectivity index (χ2n) is 5.96.